The average Bonchev–Trinajstić information content (AvgIpc) is 3.06. The number of aromatic nitrogens is 1. The second-order valence-electron chi connectivity index (χ2n) is 7.19. The van der Waals surface area contributed by atoms with Gasteiger partial charge in [0.1, 0.15) is 0 Å². The minimum Gasteiger partial charge on any atom is -0.360 e. The number of piperazine rings is 1. The zero-order chi connectivity index (χ0) is 18.4. The van der Waals surface area contributed by atoms with Crippen molar-refractivity contribution in [1.29, 1.82) is 0 Å². The van der Waals surface area contributed by atoms with E-state index in [0.29, 0.717) is 6.42 Å². The van der Waals surface area contributed by atoms with Crippen LogP contribution < -0.4 is 0 Å². The molecule has 1 fully saturated rings. The molecule has 0 saturated carbocycles. The van der Waals surface area contributed by atoms with Gasteiger partial charge in [-0.25, -0.2) is 0 Å². The molecule has 0 radical (unpaired) electrons. The fourth-order valence-corrected chi connectivity index (χ4v) is 3.36. The summed E-state index contributed by atoms with van der Waals surface area (Å²) >= 11 is 0. The van der Waals surface area contributed by atoms with Gasteiger partial charge in [0.2, 0.25) is 5.91 Å². The standard InChI is InChI=1S/C21H29N3O2/c1-3-4-5-18-6-8-19(9-7-18)15-21(25)24-12-10-23(11-13-24)16-20-14-17(2)22-26-20/h6-9,14H,3-5,10-13,15-16H2,1-2H3. The molecule has 0 spiro atoms. The van der Waals surface area contributed by atoms with Crippen LogP contribution in [0.2, 0.25) is 0 Å². The van der Waals surface area contributed by atoms with Crippen LogP contribution in [0.5, 0.6) is 0 Å². The molecule has 26 heavy (non-hydrogen) atoms. The molecule has 1 aromatic carbocycles. The summed E-state index contributed by atoms with van der Waals surface area (Å²) in [7, 11) is 0. The quantitative estimate of drug-likeness (QED) is 0.765. The molecule has 2 heterocycles. The van der Waals surface area contributed by atoms with E-state index in [-0.39, 0.29) is 5.91 Å². The van der Waals surface area contributed by atoms with Gasteiger partial charge in [-0.1, -0.05) is 42.8 Å². The average molecular weight is 355 g/mol. The van der Waals surface area contributed by atoms with Crippen molar-refractivity contribution in [2.45, 2.75) is 46.1 Å². The number of carbonyl (C=O) groups excluding carboxylic acids is 1. The van der Waals surface area contributed by atoms with E-state index < -0.39 is 0 Å². The Bertz CT molecular complexity index is 700. The van der Waals surface area contributed by atoms with Crippen molar-refractivity contribution in [3.63, 3.8) is 0 Å². The molecule has 0 unspecified atom stereocenters. The molecular formula is C21H29N3O2. The van der Waals surface area contributed by atoms with Gasteiger partial charge in [0.25, 0.3) is 0 Å². The van der Waals surface area contributed by atoms with Gasteiger partial charge in [0, 0.05) is 32.2 Å². The molecular weight excluding hydrogens is 326 g/mol. The summed E-state index contributed by atoms with van der Waals surface area (Å²) < 4.78 is 5.28. The van der Waals surface area contributed by atoms with Crippen molar-refractivity contribution < 1.29 is 9.32 Å². The maximum Gasteiger partial charge on any atom is 0.227 e. The monoisotopic (exact) mass is 355 g/mol. The molecule has 140 valence electrons. The third-order valence-electron chi connectivity index (χ3n) is 4.98. The molecule has 2 aromatic rings. The number of carbonyl (C=O) groups is 1. The SMILES string of the molecule is CCCCc1ccc(CC(=O)N2CCN(Cc3cc(C)no3)CC2)cc1. The second kappa shape index (κ2) is 8.99. The highest BCUT2D eigenvalue weighted by atomic mass is 16.5. The zero-order valence-corrected chi connectivity index (χ0v) is 15.9. The number of hydrogen-bond donors (Lipinski definition) is 0. The van der Waals surface area contributed by atoms with Gasteiger partial charge >= 0.3 is 0 Å². The molecule has 1 amide bonds. The molecule has 0 aliphatic carbocycles. The summed E-state index contributed by atoms with van der Waals surface area (Å²) in [4.78, 5) is 16.9. The molecule has 5 heteroatoms. The molecule has 0 atom stereocenters. The van der Waals surface area contributed by atoms with E-state index in [2.05, 4.69) is 41.2 Å². The number of amides is 1. The summed E-state index contributed by atoms with van der Waals surface area (Å²) in [6, 6.07) is 10.5. The van der Waals surface area contributed by atoms with E-state index in [1.54, 1.807) is 0 Å². The Balaban J connectivity index is 1.44. The van der Waals surface area contributed by atoms with Gasteiger partial charge in [-0.3, -0.25) is 9.69 Å². The van der Waals surface area contributed by atoms with Crippen LogP contribution >= 0.6 is 0 Å². The number of hydrogen-bond acceptors (Lipinski definition) is 4. The van der Waals surface area contributed by atoms with Crippen LogP contribution in [-0.4, -0.2) is 47.0 Å². The van der Waals surface area contributed by atoms with Crippen molar-refractivity contribution in [2.75, 3.05) is 26.2 Å². The Labute approximate surface area is 156 Å². The van der Waals surface area contributed by atoms with Gasteiger partial charge in [0.05, 0.1) is 18.7 Å². The molecule has 0 N–H and O–H groups in total. The molecule has 3 rings (SSSR count). The van der Waals surface area contributed by atoms with Gasteiger partial charge in [-0.2, -0.15) is 0 Å². The van der Waals surface area contributed by atoms with E-state index in [1.165, 1.54) is 18.4 Å². The van der Waals surface area contributed by atoms with Crippen LogP contribution in [-0.2, 0) is 24.2 Å². The van der Waals surface area contributed by atoms with Crippen molar-refractivity contribution in [3.8, 4) is 0 Å². The van der Waals surface area contributed by atoms with Crippen molar-refractivity contribution in [3.05, 3.63) is 52.9 Å². The first-order chi connectivity index (χ1) is 12.6. The molecule has 1 aromatic heterocycles. The first kappa shape index (κ1) is 18.6. The van der Waals surface area contributed by atoms with E-state index in [9.17, 15) is 4.79 Å². The number of benzene rings is 1. The van der Waals surface area contributed by atoms with E-state index in [4.69, 9.17) is 4.52 Å². The van der Waals surface area contributed by atoms with Crippen LogP contribution in [0.25, 0.3) is 0 Å². The Morgan fingerprint density at radius 3 is 2.42 bits per heavy atom. The normalized spacial score (nSPS) is 15.4. The Hall–Kier alpha value is -2.14. The lowest BCUT2D eigenvalue weighted by molar-refractivity contribution is -0.132. The van der Waals surface area contributed by atoms with E-state index in [1.807, 2.05) is 17.9 Å². The van der Waals surface area contributed by atoms with Crippen molar-refractivity contribution in [2.24, 2.45) is 0 Å². The first-order valence-corrected chi connectivity index (χ1v) is 9.64. The van der Waals surface area contributed by atoms with Gasteiger partial charge < -0.3 is 9.42 Å². The third-order valence-corrected chi connectivity index (χ3v) is 4.98. The molecule has 5 nitrogen and oxygen atoms in total. The van der Waals surface area contributed by atoms with Gasteiger partial charge in [0.15, 0.2) is 5.76 Å². The second-order valence-corrected chi connectivity index (χ2v) is 7.19. The number of aryl methyl sites for hydroxylation is 2. The lowest BCUT2D eigenvalue weighted by atomic mass is 10.0. The maximum absolute atomic E-state index is 12.6. The maximum atomic E-state index is 12.6. The lowest BCUT2D eigenvalue weighted by Gasteiger charge is -2.34. The number of unbranched alkanes of at least 4 members (excludes halogenated alkanes) is 1. The summed E-state index contributed by atoms with van der Waals surface area (Å²) in [5, 5.41) is 3.93. The predicted octanol–water partition coefficient (Wildman–Crippen LogP) is 3.21. The van der Waals surface area contributed by atoms with Gasteiger partial charge in [-0.15, -0.1) is 0 Å². The fourth-order valence-electron chi connectivity index (χ4n) is 3.36. The number of rotatable bonds is 7. The Kier molecular flexibility index (Phi) is 6.45. The minimum atomic E-state index is 0.224. The van der Waals surface area contributed by atoms with Crippen molar-refractivity contribution >= 4 is 5.91 Å². The highest BCUT2D eigenvalue weighted by molar-refractivity contribution is 5.78. The van der Waals surface area contributed by atoms with Crippen LogP contribution in [0, 0.1) is 6.92 Å². The summed E-state index contributed by atoms with van der Waals surface area (Å²) in [5.41, 5.74) is 3.38. The van der Waals surface area contributed by atoms with Crippen LogP contribution in [0.4, 0.5) is 0 Å². The van der Waals surface area contributed by atoms with E-state index >= 15 is 0 Å². The number of nitrogens with zero attached hydrogens (tertiary/aromatic N) is 3. The van der Waals surface area contributed by atoms with Gasteiger partial charge in [-0.05, 0) is 30.9 Å². The minimum absolute atomic E-state index is 0.224. The van der Waals surface area contributed by atoms with Crippen molar-refractivity contribution in [1.82, 2.24) is 15.0 Å². The Morgan fingerprint density at radius 1 is 1.12 bits per heavy atom. The topological polar surface area (TPSA) is 49.6 Å². The van der Waals surface area contributed by atoms with Crippen LogP contribution in [0.1, 0.15) is 42.3 Å². The van der Waals surface area contributed by atoms with E-state index in [0.717, 1.165) is 56.2 Å². The highest BCUT2D eigenvalue weighted by Gasteiger charge is 2.22. The zero-order valence-electron chi connectivity index (χ0n) is 15.9. The van der Waals surface area contributed by atoms with Crippen LogP contribution in [0.15, 0.2) is 34.9 Å². The highest BCUT2D eigenvalue weighted by Crippen LogP contribution is 2.13. The molecule has 1 aliphatic heterocycles. The smallest absolute Gasteiger partial charge is 0.227 e. The van der Waals surface area contributed by atoms with Crippen LogP contribution in [0.3, 0.4) is 0 Å². The largest absolute Gasteiger partial charge is 0.360 e. The molecule has 0 bridgehead atoms. The predicted molar refractivity (Wildman–Crippen MR) is 102 cm³/mol. The summed E-state index contributed by atoms with van der Waals surface area (Å²) in [5.74, 6) is 1.12. The molecule has 1 aliphatic rings. The first-order valence-electron chi connectivity index (χ1n) is 9.64. The summed E-state index contributed by atoms with van der Waals surface area (Å²) in [6.45, 7) is 8.21. The Morgan fingerprint density at radius 2 is 1.81 bits per heavy atom. The third kappa shape index (κ3) is 5.18. The fraction of sp³-hybridized carbons (Fsp3) is 0.524. The summed E-state index contributed by atoms with van der Waals surface area (Å²) in [6.07, 6.45) is 4.05. The lowest BCUT2D eigenvalue weighted by Crippen LogP contribution is -2.48. The molecule has 1 saturated heterocycles.